The first-order chi connectivity index (χ1) is 5.77. The molecule has 0 N–H and O–H groups in total. The van der Waals surface area contributed by atoms with Crippen molar-refractivity contribution in [2.75, 3.05) is 4.43 Å². The minimum Gasteiger partial charge on any atom is -0.150 e. The van der Waals surface area contributed by atoms with Gasteiger partial charge in [-0.3, -0.25) is 0 Å². The summed E-state index contributed by atoms with van der Waals surface area (Å²) in [5.41, 5.74) is 0. The standard InChI is InChI=1S/C8H17Cl2ISi/c9-12(10)8-6-4-2-1-3-5-7-11/h12H,1-8H2. The fourth-order valence-electron chi connectivity index (χ4n) is 1.10. The van der Waals surface area contributed by atoms with Crippen molar-refractivity contribution in [2.24, 2.45) is 0 Å². The van der Waals surface area contributed by atoms with Crippen molar-refractivity contribution in [3.05, 3.63) is 0 Å². The maximum Gasteiger partial charge on any atom is 0.237 e. The number of alkyl halides is 1. The van der Waals surface area contributed by atoms with Crippen molar-refractivity contribution in [1.82, 2.24) is 0 Å². The van der Waals surface area contributed by atoms with E-state index < -0.39 is 7.42 Å². The Balaban J connectivity index is 2.82. The van der Waals surface area contributed by atoms with Gasteiger partial charge in [-0.2, -0.15) is 22.2 Å². The third kappa shape index (κ3) is 11.5. The van der Waals surface area contributed by atoms with Crippen LogP contribution in [0.4, 0.5) is 0 Å². The van der Waals surface area contributed by atoms with Crippen LogP contribution in [0, 0.1) is 0 Å². The lowest BCUT2D eigenvalue weighted by molar-refractivity contribution is 0.628. The highest BCUT2D eigenvalue weighted by molar-refractivity contribution is 14.1. The van der Waals surface area contributed by atoms with E-state index in [4.69, 9.17) is 22.2 Å². The highest BCUT2D eigenvalue weighted by Gasteiger charge is 2.00. The van der Waals surface area contributed by atoms with Gasteiger partial charge in [0.25, 0.3) is 0 Å². The fraction of sp³-hybridized carbons (Fsp3) is 1.00. The first kappa shape index (κ1) is 13.5. The van der Waals surface area contributed by atoms with Crippen molar-refractivity contribution in [3.8, 4) is 0 Å². The lowest BCUT2D eigenvalue weighted by Gasteiger charge is -2.00. The second kappa shape index (κ2) is 10.6. The van der Waals surface area contributed by atoms with E-state index in [2.05, 4.69) is 22.6 Å². The molecule has 4 heteroatoms. The highest BCUT2D eigenvalue weighted by Crippen LogP contribution is 2.12. The van der Waals surface area contributed by atoms with E-state index >= 15 is 0 Å². The van der Waals surface area contributed by atoms with Gasteiger partial charge in [0, 0.05) is 0 Å². The molecule has 0 unspecified atom stereocenters. The van der Waals surface area contributed by atoms with E-state index in [1.54, 1.807) is 0 Å². The molecule has 0 spiro atoms. The molecule has 12 heavy (non-hydrogen) atoms. The van der Waals surface area contributed by atoms with Crippen LogP contribution in [-0.4, -0.2) is 11.8 Å². The minimum atomic E-state index is -1.29. The summed E-state index contributed by atoms with van der Waals surface area (Å²) in [6, 6.07) is 1.09. The van der Waals surface area contributed by atoms with Crippen molar-refractivity contribution < 1.29 is 0 Å². The summed E-state index contributed by atoms with van der Waals surface area (Å²) in [7, 11) is -1.29. The first-order valence-electron chi connectivity index (χ1n) is 4.61. The molecule has 0 aliphatic rings. The fourth-order valence-corrected chi connectivity index (χ4v) is 3.16. The lowest BCUT2D eigenvalue weighted by atomic mass is 10.1. The van der Waals surface area contributed by atoms with E-state index in [0.717, 1.165) is 6.04 Å². The van der Waals surface area contributed by atoms with Crippen molar-refractivity contribution >= 4 is 52.2 Å². The zero-order valence-corrected chi connectivity index (χ0v) is 12.2. The molecule has 0 aliphatic heterocycles. The Labute approximate surface area is 101 Å². The van der Waals surface area contributed by atoms with E-state index in [9.17, 15) is 0 Å². The molecule has 0 rings (SSSR count). The third-order valence-corrected chi connectivity index (χ3v) is 4.72. The zero-order valence-electron chi connectivity index (χ0n) is 7.37. The molecule has 74 valence electrons. The van der Waals surface area contributed by atoms with E-state index in [1.807, 2.05) is 0 Å². The summed E-state index contributed by atoms with van der Waals surface area (Å²) in [4.78, 5) is 0. The van der Waals surface area contributed by atoms with Crippen molar-refractivity contribution in [3.63, 3.8) is 0 Å². The Bertz CT molecular complexity index is 91.1. The molecule has 0 saturated heterocycles. The van der Waals surface area contributed by atoms with E-state index in [0.29, 0.717) is 0 Å². The zero-order chi connectivity index (χ0) is 9.23. The Hall–Kier alpha value is 1.53. The minimum absolute atomic E-state index is 1.09. The Morgan fingerprint density at radius 2 is 1.33 bits per heavy atom. The lowest BCUT2D eigenvalue weighted by Crippen LogP contribution is -1.91. The van der Waals surface area contributed by atoms with Gasteiger partial charge >= 0.3 is 0 Å². The van der Waals surface area contributed by atoms with Gasteiger partial charge in [-0.25, -0.2) is 0 Å². The van der Waals surface area contributed by atoms with Crippen LogP contribution in [-0.2, 0) is 0 Å². The maximum atomic E-state index is 5.74. The van der Waals surface area contributed by atoms with E-state index in [1.165, 1.54) is 43.0 Å². The van der Waals surface area contributed by atoms with Crippen molar-refractivity contribution in [2.45, 2.75) is 44.6 Å². The first-order valence-corrected chi connectivity index (χ1v) is 10.4. The van der Waals surface area contributed by atoms with Crippen LogP contribution < -0.4 is 0 Å². The molecule has 0 atom stereocenters. The summed E-state index contributed by atoms with van der Waals surface area (Å²) in [5, 5.41) is 0. The van der Waals surface area contributed by atoms with Gasteiger partial charge in [0.15, 0.2) is 0 Å². The number of rotatable bonds is 8. The van der Waals surface area contributed by atoms with Crippen LogP contribution in [0.1, 0.15) is 38.5 Å². The van der Waals surface area contributed by atoms with Gasteiger partial charge in [-0.15, -0.1) is 0 Å². The molecule has 0 amide bonds. The Morgan fingerprint density at radius 3 is 1.83 bits per heavy atom. The molecule has 0 aliphatic carbocycles. The van der Waals surface area contributed by atoms with Crippen LogP contribution in [0.15, 0.2) is 0 Å². The average molecular weight is 339 g/mol. The number of hydrogen-bond donors (Lipinski definition) is 0. The number of unbranched alkanes of at least 4 members (excludes halogenated alkanes) is 5. The molecule has 0 heterocycles. The molecule has 0 fully saturated rings. The number of hydrogen-bond acceptors (Lipinski definition) is 0. The van der Waals surface area contributed by atoms with Crippen LogP contribution in [0.25, 0.3) is 0 Å². The molecule has 0 aromatic carbocycles. The van der Waals surface area contributed by atoms with Crippen molar-refractivity contribution in [1.29, 1.82) is 0 Å². The molecule has 0 bridgehead atoms. The van der Waals surface area contributed by atoms with Crippen LogP contribution in [0.5, 0.6) is 0 Å². The van der Waals surface area contributed by atoms with Gasteiger partial charge in [0.2, 0.25) is 7.42 Å². The highest BCUT2D eigenvalue weighted by atomic mass is 127. The summed E-state index contributed by atoms with van der Waals surface area (Å²) in [6.07, 6.45) is 8.10. The second-order valence-electron chi connectivity index (χ2n) is 2.99. The normalized spacial score (nSPS) is 11.0. The SMILES string of the molecule is Cl[SiH](Cl)CCCCCCCCI. The van der Waals surface area contributed by atoms with Gasteiger partial charge in [0.1, 0.15) is 0 Å². The maximum absolute atomic E-state index is 5.74. The summed E-state index contributed by atoms with van der Waals surface area (Å²) >= 11 is 13.9. The quantitative estimate of drug-likeness (QED) is 0.201. The van der Waals surface area contributed by atoms with Gasteiger partial charge < -0.3 is 0 Å². The molecule has 0 nitrogen and oxygen atoms in total. The topological polar surface area (TPSA) is 0 Å². The second-order valence-corrected chi connectivity index (χ2v) is 9.26. The Morgan fingerprint density at radius 1 is 0.833 bits per heavy atom. The smallest absolute Gasteiger partial charge is 0.150 e. The molecule has 0 aromatic heterocycles. The summed E-state index contributed by atoms with van der Waals surface area (Å²) in [6.45, 7) is 0. The number of halogens is 3. The molecular weight excluding hydrogens is 322 g/mol. The van der Waals surface area contributed by atoms with Crippen LogP contribution >= 0.6 is 44.7 Å². The van der Waals surface area contributed by atoms with Crippen LogP contribution in [0.2, 0.25) is 6.04 Å². The molecular formula is C8H17Cl2ISi. The summed E-state index contributed by atoms with van der Waals surface area (Å²) in [5.74, 6) is 0. The predicted octanol–water partition coefficient (Wildman–Crippen LogP) is 4.46. The molecule has 0 radical (unpaired) electrons. The van der Waals surface area contributed by atoms with Gasteiger partial charge in [-0.1, -0.05) is 54.7 Å². The Kier molecular flexibility index (Phi) is 12.0. The monoisotopic (exact) mass is 338 g/mol. The molecule has 0 aromatic rings. The molecule has 0 saturated carbocycles. The van der Waals surface area contributed by atoms with Gasteiger partial charge in [-0.05, 0) is 16.9 Å². The van der Waals surface area contributed by atoms with Crippen LogP contribution in [0.3, 0.4) is 0 Å². The van der Waals surface area contributed by atoms with E-state index in [-0.39, 0.29) is 0 Å². The predicted molar refractivity (Wildman–Crippen MR) is 70.3 cm³/mol. The van der Waals surface area contributed by atoms with Gasteiger partial charge in [0.05, 0.1) is 0 Å². The average Bonchev–Trinajstić information content (AvgIpc) is 2.02. The largest absolute Gasteiger partial charge is 0.237 e. The third-order valence-electron chi connectivity index (χ3n) is 1.81. The summed E-state index contributed by atoms with van der Waals surface area (Å²) < 4.78 is 1.30.